The molecule has 7 fully saturated rings. The summed E-state index contributed by atoms with van der Waals surface area (Å²) >= 11 is 0. The lowest BCUT2D eigenvalue weighted by molar-refractivity contribution is -0.277. The second kappa shape index (κ2) is 6.09. The van der Waals surface area contributed by atoms with E-state index in [2.05, 4.69) is 48.5 Å². The molecule has 0 amide bonds. The van der Waals surface area contributed by atoms with E-state index < -0.39 is 5.60 Å². The van der Waals surface area contributed by atoms with Gasteiger partial charge in [0.2, 0.25) is 0 Å². The van der Waals surface area contributed by atoms with Gasteiger partial charge in [-0.25, -0.2) is 0 Å². The molecule has 5 saturated carbocycles. The van der Waals surface area contributed by atoms with Gasteiger partial charge >= 0.3 is 5.97 Å². The molecule has 0 unspecified atom stereocenters. The zero-order valence-corrected chi connectivity index (χ0v) is 22.4. The molecule has 1 spiro atoms. The molecule has 190 valence electrons. The third kappa shape index (κ3) is 2.03. The van der Waals surface area contributed by atoms with E-state index in [1.807, 2.05) is 0 Å². The van der Waals surface area contributed by atoms with Crippen molar-refractivity contribution in [1.29, 1.82) is 0 Å². The summed E-state index contributed by atoms with van der Waals surface area (Å²) in [4.78, 5) is 13.8. The third-order valence-electron chi connectivity index (χ3n) is 14.5. The van der Waals surface area contributed by atoms with E-state index in [1.165, 1.54) is 0 Å². The molecule has 1 N–H and O–H groups in total. The van der Waals surface area contributed by atoms with Gasteiger partial charge in [-0.1, -0.05) is 48.5 Å². The molecule has 0 aromatic rings. The molecule has 2 bridgehead atoms. The van der Waals surface area contributed by atoms with Crippen LogP contribution in [0, 0.1) is 56.7 Å². The van der Waals surface area contributed by atoms with E-state index in [4.69, 9.17) is 9.47 Å². The lowest BCUT2D eigenvalue weighted by Crippen LogP contribution is -2.75. The van der Waals surface area contributed by atoms with Gasteiger partial charge in [0, 0.05) is 11.3 Å². The van der Waals surface area contributed by atoms with Crippen molar-refractivity contribution in [2.75, 3.05) is 0 Å². The monoisotopic (exact) mass is 470 g/mol. The predicted octanol–water partition coefficient (Wildman–Crippen LogP) is 5.75. The first-order valence-electron chi connectivity index (χ1n) is 14.4. The van der Waals surface area contributed by atoms with Gasteiger partial charge in [-0.2, -0.15) is 0 Å². The van der Waals surface area contributed by atoms with E-state index in [9.17, 15) is 9.90 Å². The molecule has 2 heterocycles. The minimum atomic E-state index is -0.459. The van der Waals surface area contributed by atoms with E-state index >= 15 is 0 Å². The number of hydrogen-bond donors (Lipinski definition) is 1. The summed E-state index contributed by atoms with van der Waals surface area (Å²) in [6.45, 7) is 17.0. The molecule has 0 aromatic carbocycles. The highest BCUT2D eigenvalue weighted by Gasteiger charge is 2.89. The van der Waals surface area contributed by atoms with E-state index in [-0.39, 0.29) is 57.3 Å². The maximum absolute atomic E-state index is 13.8. The lowest BCUT2D eigenvalue weighted by Gasteiger charge is -2.72. The Morgan fingerprint density at radius 2 is 1.62 bits per heavy atom. The maximum atomic E-state index is 13.8. The van der Waals surface area contributed by atoms with Gasteiger partial charge in [0.05, 0.1) is 17.6 Å². The number of aliphatic hydroxyl groups is 1. The van der Waals surface area contributed by atoms with E-state index in [0.717, 1.165) is 51.4 Å². The number of carbonyl (C=O) groups excluding carboxylic acids is 1. The fourth-order valence-electron chi connectivity index (χ4n) is 12.4. The normalized spacial score (nSPS) is 65.1. The van der Waals surface area contributed by atoms with Crippen molar-refractivity contribution in [1.82, 2.24) is 0 Å². The van der Waals surface area contributed by atoms with Gasteiger partial charge in [-0.05, 0) is 91.3 Å². The first-order chi connectivity index (χ1) is 15.8. The summed E-state index contributed by atoms with van der Waals surface area (Å²) in [6, 6.07) is 0. The second-order valence-electron chi connectivity index (χ2n) is 15.4. The highest BCUT2D eigenvalue weighted by Crippen LogP contribution is 2.83. The molecule has 7 rings (SSSR count). The maximum Gasteiger partial charge on any atom is 0.313 e. The Bertz CT molecular complexity index is 959. The van der Waals surface area contributed by atoms with Crippen LogP contribution >= 0.6 is 0 Å². The smallest absolute Gasteiger partial charge is 0.313 e. The summed E-state index contributed by atoms with van der Waals surface area (Å²) in [5.41, 5.74) is -0.637. The highest BCUT2D eigenvalue weighted by atomic mass is 16.6. The van der Waals surface area contributed by atoms with Crippen LogP contribution in [0.3, 0.4) is 0 Å². The predicted molar refractivity (Wildman–Crippen MR) is 130 cm³/mol. The molecule has 7 aliphatic rings. The Hall–Kier alpha value is -0.610. The molecule has 0 aromatic heterocycles. The summed E-state index contributed by atoms with van der Waals surface area (Å²) in [5.74, 6) is 2.49. The van der Waals surface area contributed by atoms with Crippen molar-refractivity contribution in [3.63, 3.8) is 0 Å². The standard InChI is InChI=1S/C30H46O4/c1-16-8-13-29-15-14-28(7)27(6)12-9-18-25(3,4)19(31)10-11-26(18,5)22(27)20-23(33-20)30(28,34-24(29)32)21(29)17(16)2/h16-23,31H,8-15H2,1-7H3/t16-,17+,18+,19+,20+,21-,22-,23+,26+,27-,28+,29+,30-/m1/s1. The van der Waals surface area contributed by atoms with Gasteiger partial charge < -0.3 is 14.6 Å². The summed E-state index contributed by atoms with van der Waals surface area (Å²) < 4.78 is 13.6. The fraction of sp³-hybridized carbons (Fsp3) is 0.967. The molecule has 5 aliphatic carbocycles. The molecular weight excluding hydrogens is 424 g/mol. The topological polar surface area (TPSA) is 59.1 Å². The fourth-order valence-corrected chi connectivity index (χ4v) is 12.4. The molecule has 4 heteroatoms. The van der Waals surface area contributed by atoms with Crippen LogP contribution < -0.4 is 0 Å². The molecule has 2 aliphatic heterocycles. The van der Waals surface area contributed by atoms with Crippen molar-refractivity contribution in [2.24, 2.45) is 56.7 Å². The molecule has 34 heavy (non-hydrogen) atoms. The minimum absolute atomic E-state index is 0.0602. The Morgan fingerprint density at radius 3 is 2.35 bits per heavy atom. The minimum Gasteiger partial charge on any atom is -0.455 e. The van der Waals surface area contributed by atoms with Crippen LogP contribution in [0.4, 0.5) is 0 Å². The first-order valence-corrected chi connectivity index (χ1v) is 14.4. The highest BCUT2D eigenvalue weighted by molar-refractivity contribution is 5.82. The Morgan fingerprint density at radius 1 is 0.882 bits per heavy atom. The molecule has 4 nitrogen and oxygen atoms in total. The number of ether oxygens (including phenoxy) is 2. The van der Waals surface area contributed by atoms with Crippen molar-refractivity contribution in [3.05, 3.63) is 0 Å². The van der Waals surface area contributed by atoms with Crippen molar-refractivity contribution < 1.29 is 19.4 Å². The van der Waals surface area contributed by atoms with Crippen LogP contribution in [-0.2, 0) is 14.3 Å². The zero-order valence-electron chi connectivity index (χ0n) is 22.4. The Balaban J connectivity index is 1.39. The summed E-state index contributed by atoms with van der Waals surface area (Å²) in [7, 11) is 0. The molecule has 2 saturated heterocycles. The van der Waals surface area contributed by atoms with Crippen molar-refractivity contribution >= 4 is 5.97 Å². The Kier molecular flexibility index (Phi) is 4.04. The second-order valence-corrected chi connectivity index (χ2v) is 15.4. The van der Waals surface area contributed by atoms with Gasteiger partial charge in [0.1, 0.15) is 6.10 Å². The summed E-state index contributed by atoms with van der Waals surface area (Å²) in [5, 5.41) is 11.0. The Labute approximate surface area is 205 Å². The van der Waals surface area contributed by atoms with Crippen LogP contribution in [0.15, 0.2) is 0 Å². The van der Waals surface area contributed by atoms with Crippen LogP contribution in [0.2, 0.25) is 0 Å². The third-order valence-corrected chi connectivity index (χ3v) is 14.5. The SMILES string of the molecule is C[C@H]1[C@H](C)CC[C@@]23CC[C@]4(C)[C@@](OC2=O)([C@H]13)[C@H]1O[C@H]1[C@@H]1[C@@]2(C)CC[C@H](O)C(C)(C)[C@@H]2CC[C@]14C. The van der Waals surface area contributed by atoms with Crippen LogP contribution in [0.5, 0.6) is 0 Å². The first kappa shape index (κ1) is 22.6. The average Bonchev–Trinajstić information content (AvgIpc) is 3.51. The number of fused-ring (bicyclic) bond motifs is 6. The molecule has 13 atom stereocenters. The van der Waals surface area contributed by atoms with Crippen molar-refractivity contribution in [2.45, 2.75) is 124 Å². The van der Waals surface area contributed by atoms with Crippen LogP contribution in [0.1, 0.15) is 99.8 Å². The zero-order chi connectivity index (χ0) is 24.3. The van der Waals surface area contributed by atoms with Crippen LogP contribution in [0.25, 0.3) is 0 Å². The van der Waals surface area contributed by atoms with Gasteiger partial charge in [0.15, 0.2) is 5.60 Å². The van der Waals surface area contributed by atoms with Crippen LogP contribution in [-0.4, -0.2) is 35.0 Å². The number of hydrogen-bond acceptors (Lipinski definition) is 4. The van der Waals surface area contributed by atoms with E-state index in [1.54, 1.807) is 0 Å². The molecule has 0 radical (unpaired) electrons. The number of aliphatic hydroxyl groups excluding tert-OH is 1. The number of epoxide rings is 1. The largest absolute Gasteiger partial charge is 0.455 e. The quantitative estimate of drug-likeness (QED) is 0.362. The average molecular weight is 471 g/mol. The van der Waals surface area contributed by atoms with E-state index in [0.29, 0.717) is 23.7 Å². The number of esters is 1. The molecular formula is C30H46O4. The number of carbonyl (C=O) groups is 1. The summed E-state index contributed by atoms with van der Waals surface area (Å²) in [6.07, 6.45) is 8.56. The number of rotatable bonds is 0. The van der Waals surface area contributed by atoms with Gasteiger partial charge in [-0.15, -0.1) is 0 Å². The lowest BCUT2D eigenvalue weighted by atomic mass is 9.30. The van der Waals surface area contributed by atoms with Gasteiger partial charge in [0.25, 0.3) is 0 Å². The van der Waals surface area contributed by atoms with Crippen molar-refractivity contribution in [3.8, 4) is 0 Å². The van der Waals surface area contributed by atoms with Gasteiger partial charge in [-0.3, -0.25) is 4.79 Å².